The molecule has 1 rings (SSSR count). The van der Waals surface area contributed by atoms with E-state index in [0.29, 0.717) is 5.56 Å². The van der Waals surface area contributed by atoms with Crippen LogP contribution in [0.3, 0.4) is 0 Å². The van der Waals surface area contributed by atoms with Gasteiger partial charge >= 0.3 is 5.97 Å². The molecule has 1 aromatic carbocycles. The Hall–Kier alpha value is -1.95. The molecular weight excluding hydrogens is 202 g/mol. The molecule has 1 N–H and O–H groups in total. The van der Waals surface area contributed by atoms with Gasteiger partial charge in [0.2, 0.25) is 0 Å². The first-order chi connectivity index (χ1) is 7.10. The van der Waals surface area contributed by atoms with Gasteiger partial charge in [-0.05, 0) is 17.7 Å². The minimum Gasteiger partial charge on any atom is -0.465 e. The van der Waals surface area contributed by atoms with Gasteiger partial charge in [-0.1, -0.05) is 0 Å². The molecule has 1 aromatic rings. The van der Waals surface area contributed by atoms with Crippen LogP contribution in [0.5, 0.6) is 0 Å². The largest absolute Gasteiger partial charge is 0.465 e. The highest BCUT2D eigenvalue weighted by atomic mass is 16.6. The zero-order valence-corrected chi connectivity index (χ0v) is 7.97. The Morgan fingerprint density at radius 3 is 2.73 bits per heavy atom. The van der Waals surface area contributed by atoms with E-state index >= 15 is 0 Å². The fourth-order valence-corrected chi connectivity index (χ4v) is 1.11. The number of methoxy groups -OCH3 is 1. The quantitative estimate of drug-likeness (QED) is 0.455. The number of hydrogen-bond acceptors (Lipinski definition) is 5. The maximum atomic E-state index is 11.2. The van der Waals surface area contributed by atoms with Crippen molar-refractivity contribution < 1.29 is 19.6 Å². The predicted molar refractivity (Wildman–Crippen MR) is 50.4 cm³/mol. The van der Waals surface area contributed by atoms with E-state index in [-0.39, 0.29) is 17.9 Å². The number of esters is 1. The Kier molecular flexibility index (Phi) is 3.35. The molecule has 6 nitrogen and oxygen atoms in total. The summed E-state index contributed by atoms with van der Waals surface area (Å²) in [6, 6.07) is 3.78. The summed E-state index contributed by atoms with van der Waals surface area (Å²) in [4.78, 5) is 21.1. The second-order valence-electron chi connectivity index (χ2n) is 2.76. The minimum atomic E-state index is -0.794. The number of aliphatic hydroxyl groups excluding tert-OH is 1. The molecule has 0 saturated heterocycles. The second-order valence-corrected chi connectivity index (χ2v) is 2.76. The molecule has 0 aromatic heterocycles. The third kappa shape index (κ3) is 2.29. The number of nitro benzene ring substituents is 1. The van der Waals surface area contributed by atoms with Crippen molar-refractivity contribution in [3.05, 3.63) is 39.4 Å². The Morgan fingerprint density at radius 1 is 1.60 bits per heavy atom. The Morgan fingerprint density at radius 2 is 2.27 bits per heavy atom. The van der Waals surface area contributed by atoms with Gasteiger partial charge in [0.05, 0.1) is 18.6 Å². The maximum absolute atomic E-state index is 11.2. The van der Waals surface area contributed by atoms with Gasteiger partial charge < -0.3 is 9.84 Å². The molecule has 0 fully saturated rings. The summed E-state index contributed by atoms with van der Waals surface area (Å²) >= 11 is 0. The number of nitro groups is 1. The van der Waals surface area contributed by atoms with Crippen LogP contribution in [0.2, 0.25) is 0 Å². The van der Waals surface area contributed by atoms with Gasteiger partial charge in [0.25, 0.3) is 5.69 Å². The molecule has 0 spiro atoms. The Bertz CT molecular complexity index is 401. The van der Waals surface area contributed by atoms with Crippen molar-refractivity contribution in [3.63, 3.8) is 0 Å². The lowest BCUT2D eigenvalue weighted by molar-refractivity contribution is -0.385. The van der Waals surface area contributed by atoms with Crippen molar-refractivity contribution in [3.8, 4) is 0 Å². The van der Waals surface area contributed by atoms with E-state index in [4.69, 9.17) is 5.11 Å². The van der Waals surface area contributed by atoms with Gasteiger partial charge in [0.1, 0.15) is 5.56 Å². The van der Waals surface area contributed by atoms with Crippen LogP contribution in [-0.4, -0.2) is 23.1 Å². The fraction of sp³-hybridized carbons (Fsp3) is 0.222. The number of ether oxygens (including phenoxy) is 1. The molecule has 0 aliphatic rings. The smallest absolute Gasteiger partial charge is 0.344 e. The van der Waals surface area contributed by atoms with E-state index in [1.165, 1.54) is 12.1 Å². The summed E-state index contributed by atoms with van der Waals surface area (Å²) in [6.45, 7) is -0.290. The van der Waals surface area contributed by atoms with Crippen molar-refractivity contribution in [1.82, 2.24) is 0 Å². The summed E-state index contributed by atoms with van der Waals surface area (Å²) in [5, 5.41) is 19.4. The van der Waals surface area contributed by atoms with E-state index in [2.05, 4.69) is 4.74 Å². The molecule has 0 saturated carbocycles. The first-order valence-electron chi connectivity index (χ1n) is 4.06. The monoisotopic (exact) mass is 211 g/mol. The zero-order valence-electron chi connectivity index (χ0n) is 7.97. The lowest BCUT2D eigenvalue weighted by Gasteiger charge is -2.02. The topological polar surface area (TPSA) is 89.7 Å². The number of rotatable bonds is 3. The molecule has 0 unspecified atom stereocenters. The Labute approximate surface area is 85.2 Å². The molecule has 6 heteroatoms. The van der Waals surface area contributed by atoms with Gasteiger partial charge in [-0.2, -0.15) is 0 Å². The van der Waals surface area contributed by atoms with Crippen molar-refractivity contribution in [2.24, 2.45) is 0 Å². The van der Waals surface area contributed by atoms with E-state index in [1.807, 2.05) is 0 Å². The molecule has 0 atom stereocenters. The van der Waals surface area contributed by atoms with Gasteiger partial charge in [-0.15, -0.1) is 0 Å². The number of carbonyl (C=O) groups is 1. The second kappa shape index (κ2) is 4.52. The number of benzene rings is 1. The molecular formula is C9H9NO5. The number of aliphatic hydroxyl groups is 1. The summed E-state index contributed by atoms with van der Waals surface area (Å²) in [6.07, 6.45) is 0. The van der Waals surface area contributed by atoms with Crippen molar-refractivity contribution in [1.29, 1.82) is 0 Å². The number of carbonyl (C=O) groups excluding carboxylic acids is 1. The van der Waals surface area contributed by atoms with E-state index < -0.39 is 10.9 Å². The average molecular weight is 211 g/mol. The van der Waals surface area contributed by atoms with Crippen LogP contribution in [0.1, 0.15) is 15.9 Å². The molecule has 0 aliphatic heterocycles. The zero-order chi connectivity index (χ0) is 11.4. The summed E-state index contributed by atoms with van der Waals surface area (Å²) in [5.41, 5.74) is -0.0749. The van der Waals surface area contributed by atoms with Crippen LogP contribution >= 0.6 is 0 Å². The summed E-state index contributed by atoms with van der Waals surface area (Å²) < 4.78 is 4.40. The minimum absolute atomic E-state index is 0.158. The lowest BCUT2D eigenvalue weighted by atomic mass is 10.1. The van der Waals surface area contributed by atoms with Crippen LogP contribution in [0.15, 0.2) is 18.2 Å². The highest BCUT2D eigenvalue weighted by molar-refractivity contribution is 5.94. The Balaban J connectivity index is 3.28. The van der Waals surface area contributed by atoms with Crippen LogP contribution < -0.4 is 0 Å². The van der Waals surface area contributed by atoms with Gasteiger partial charge in [-0.25, -0.2) is 4.79 Å². The van der Waals surface area contributed by atoms with Crippen LogP contribution in [-0.2, 0) is 11.3 Å². The normalized spacial score (nSPS) is 9.73. The molecule has 15 heavy (non-hydrogen) atoms. The fourth-order valence-electron chi connectivity index (χ4n) is 1.11. The average Bonchev–Trinajstić information content (AvgIpc) is 2.26. The van der Waals surface area contributed by atoms with Gasteiger partial charge in [-0.3, -0.25) is 10.1 Å². The van der Waals surface area contributed by atoms with Crippen LogP contribution in [0, 0.1) is 10.1 Å². The molecule has 80 valence electrons. The van der Waals surface area contributed by atoms with E-state index in [1.54, 1.807) is 0 Å². The number of hydrogen-bond donors (Lipinski definition) is 1. The first kappa shape index (κ1) is 11.1. The first-order valence-corrected chi connectivity index (χ1v) is 4.06. The summed E-state index contributed by atoms with van der Waals surface area (Å²) in [7, 11) is 1.14. The third-order valence-corrected chi connectivity index (χ3v) is 1.85. The molecule has 0 heterocycles. The predicted octanol–water partition coefficient (Wildman–Crippen LogP) is 0.874. The van der Waals surface area contributed by atoms with Crippen molar-refractivity contribution in [2.75, 3.05) is 7.11 Å². The summed E-state index contributed by atoms with van der Waals surface area (Å²) in [5.74, 6) is -0.794. The van der Waals surface area contributed by atoms with Crippen LogP contribution in [0.25, 0.3) is 0 Å². The highest BCUT2D eigenvalue weighted by Crippen LogP contribution is 2.20. The van der Waals surface area contributed by atoms with Gasteiger partial charge in [0, 0.05) is 6.07 Å². The van der Waals surface area contributed by atoms with Crippen molar-refractivity contribution >= 4 is 11.7 Å². The van der Waals surface area contributed by atoms with Crippen molar-refractivity contribution in [2.45, 2.75) is 6.61 Å². The third-order valence-electron chi connectivity index (χ3n) is 1.85. The van der Waals surface area contributed by atoms with Crippen LogP contribution in [0.4, 0.5) is 5.69 Å². The number of nitrogens with zero attached hydrogens (tertiary/aromatic N) is 1. The molecule has 0 aliphatic carbocycles. The lowest BCUT2D eigenvalue weighted by Crippen LogP contribution is -2.06. The standard InChI is InChI=1S/C9H9NO5/c1-15-9(12)7-4-6(5-11)2-3-8(7)10(13)14/h2-4,11H,5H2,1H3. The molecule has 0 radical (unpaired) electrons. The van der Waals surface area contributed by atoms with Gasteiger partial charge in [0.15, 0.2) is 0 Å². The van der Waals surface area contributed by atoms with E-state index in [9.17, 15) is 14.9 Å². The maximum Gasteiger partial charge on any atom is 0.344 e. The molecule has 0 amide bonds. The molecule has 0 bridgehead atoms. The van der Waals surface area contributed by atoms with E-state index in [0.717, 1.165) is 13.2 Å². The highest BCUT2D eigenvalue weighted by Gasteiger charge is 2.20. The SMILES string of the molecule is COC(=O)c1cc(CO)ccc1[N+](=O)[O-].